The molecular weight excluding hydrogens is 374 g/mol. The van der Waals surface area contributed by atoms with Gasteiger partial charge in [-0.1, -0.05) is 18.2 Å². The molecule has 2 aromatic heterocycles. The topological polar surface area (TPSA) is 113 Å². The molecule has 0 spiro atoms. The third-order valence-corrected chi connectivity index (χ3v) is 4.55. The van der Waals surface area contributed by atoms with E-state index < -0.39 is 17.8 Å². The quantitative estimate of drug-likeness (QED) is 0.462. The second-order valence-corrected chi connectivity index (χ2v) is 7.04. The van der Waals surface area contributed by atoms with Crippen LogP contribution < -0.4 is 10.9 Å². The van der Waals surface area contributed by atoms with Gasteiger partial charge in [0.15, 0.2) is 5.76 Å². The van der Waals surface area contributed by atoms with Crippen LogP contribution in [0.15, 0.2) is 28.7 Å². The number of carbonyl (C=O) groups is 3. The molecule has 0 bridgehead atoms. The fourth-order valence-electron chi connectivity index (χ4n) is 3.18. The van der Waals surface area contributed by atoms with Gasteiger partial charge in [0.05, 0.1) is 11.7 Å². The van der Waals surface area contributed by atoms with Gasteiger partial charge in [0.25, 0.3) is 5.91 Å². The summed E-state index contributed by atoms with van der Waals surface area (Å²) in [6, 6.07) is 7.28. The Balaban J connectivity index is 1.74. The lowest BCUT2D eigenvalue weighted by Gasteiger charge is -2.08. The summed E-state index contributed by atoms with van der Waals surface area (Å²) in [6.45, 7) is 8.59. The fourth-order valence-corrected chi connectivity index (χ4v) is 3.18. The molecule has 29 heavy (non-hydrogen) atoms. The number of hydrogen-bond donors (Lipinski definition) is 3. The van der Waals surface area contributed by atoms with Crippen molar-refractivity contribution in [3.8, 4) is 0 Å². The predicted molar refractivity (Wildman–Crippen MR) is 107 cm³/mol. The highest BCUT2D eigenvalue weighted by molar-refractivity contribution is 6.03. The van der Waals surface area contributed by atoms with E-state index in [1.54, 1.807) is 40.7 Å². The fraction of sp³-hybridized carbons (Fsp3) is 0.286. The van der Waals surface area contributed by atoms with E-state index >= 15 is 0 Å². The van der Waals surface area contributed by atoms with E-state index in [2.05, 4.69) is 15.8 Å². The maximum atomic E-state index is 12.5. The summed E-state index contributed by atoms with van der Waals surface area (Å²) in [4.78, 5) is 40.1. The van der Waals surface area contributed by atoms with E-state index in [1.165, 1.54) is 0 Å². The Hall–Kier alpha value is -3.55. The van der Waals surface area contributed by atoms with Crippen molar-refractivity contribution in [2.45, 2.75) is 40.7 Å². The molecule has 0 atom stereocenters. The first-order chi connectivity index (χ1) is 13.7. The molecule has 3 N–H and O–H groups in total. The molecule has 0 unspecified atom stereocenters. The first-order valence-corrected chi connectivity index (χ1v) is 9.19. The molecule has 0 aliphatic heterocycles. The number of H-pyrrole nitrogens is 1. The predicted octanol–water partition coefficient (Wildman–Crippen LogP) is 3.33. The summed E-state index contributed by atoms with van der Waals surface area (Å²) in [5, 5.41) is 0.827. The number of aromatic nitrogens is 1. The summed E-state index contributed by atoms with van der Waals surface area (Å²) in [5.74, 6) is -1.55. The van der Waals surface area contributed by atoms with Crippen LogP contribution >= 0.6 is 0 Å². The van der Waals surface area contributed by atoms with Crippen molar-refractivity contribution >= 4 is 28.8 Å². The number of rotatable bonds is 4. The van der Waals surface area contributed by atoms with Gasteiger partial charge in [0.2, 0.25) is 0 Å². The second-order valence-electron chi connectivity index (χ2n) is 7.04. The molecule has 8 nitrogen and oxygen atoms in total. The molecule has 0 saturated heterocycles. The van der Waals surface area contributed by atoms with Gasteiger partial charge in [0, 0.05) is 16.6 Å². The van der Waals surface area contributed by atoms with Gasteiger partial charge in [0.1, 0.15) is 11.3 Å². The molecule has 2 amide bonds. The van der Waals surface area contributed by atoms with Gasteiger partial charge in [-0.2, -0.15) is 0 Å². The summed E-state index contributed by atoms with van der Waals surface area (Å²) < 4.78 is 10.8. The van der Waals surface area contributed by atoms with Gasteiger partial charge in [-0.25, -0.2) is 4.79 Å². The molecular formula is C21H23N3O5. The molecule has 1 aromatic carbocycles. The highest BCUT2D eigenvalue weighted by Crippen LogP contribution is 2.24. The number of amides is 2. The number of hydrazine groups is 1. The van der Waals surface area contributed by atoms with Gasteiger partial charge in [-0.3, -0.25) is 20.4 Å². The number of para-hydroxylation sites is 1. The van der Waals surface area contributed by atoms with Crippen LogP contribution in [0.3, 0.4) is 0 Å². The average Bonchev–Trinajstić information content (AvgIpc) is 3.15. The summed E-state index contributed by atoms with van der Waals surface area (Å²) in [7, 11) is 0. The van der Waals surface area contributed by atoms with Crippen molar-refractivity contribution in [3.05, 3.63) is 58.1 Å². The molecule has 3 rings (SSSR count). The Kier molecular flexibility index (Phi) is 5.45. The molecule has 0 aliphatic rings. The van der Waals surface area contributed by atoms with Crippen molar-refractivity contribution in [3.63, 3.8) is 0 Å². The molecule has 8 heteroatoms. The van der Waals surface area contributed by atoms with Crippen molar-refractivity contribution < 1.29 is 23.5 Å². The standard InChI is InChI=1S/C21H23N3O5/c1-10(2)28-21(27)16-12(4)17(22-13(16)5)19(25)23-24-20(26)18-11(3)14-8-6-7-9-15(14)29-18/h6-10,22H,1-5H3,(H,23,25)(H,24,26). The monoisotopic (exact) mass is 397 g/mol. The minimum Gasteiger partial charge on any atom is -0.459 e. The summed E-state index contributed by atoms with van der Waals surface area (Å²) in [6.07, 6.45) is -0.278. The lowest BCUT2D eigenvalue weighted by Crippen LogP contribution is -2.42. The largest absolute Gasteiger partial charge is 0.459 e. The minimum absolute atomic E-state index is 0.118. The zero-order chi connectivity index (χ0) is 21.3. The van der Waals surface area contributed by atoms with E-state index in [9.17, 15) is 14.4 Å². The van der Waals surface area contributed by atoms with Crippen molar-refractivity contribution in [2.75, 3.05) is 0 Å². The highest BCUT2D eigenvalue weighted by Gasteiger charge is 2.24. The third kappa shape index (κ3) is 3.87. The normalized spacial score (nSPS) is 11.0. The second kappa shape index (κ2) is 7.83. The van der Waals surface area contributed by atoms with Crippen LogP contribution in [0, 0.1) is 20.8 Å². The number of aryl methyl sites for hydroxylation is 2. The van der Waals surface area contributed by atoms with Crippen LogP contribution in [0.2, 0.25) is 0 Å². The SMILES string of the molecule is Cc1[nH]c(C(=O)NNC(=O)c2oc3ccccc3c2C)c(C)c1C(=O)OC(C)C. The molecule has 0 saturated carbocycles. The van der Waals surface area contributed by atoms with Crippen molar-refractivity contribution in [1.82, 2.24) is 15.8 Å². The van der Waals surface area contributed by atoms with Gasteiger partial charge in [-0.05, 0) is 46.2 Å². The number of carbonyl (C=O) groups excluding carboxylic acids is 3. The maximum Gasteiger partial charge on any atom is 0.340 e. The van der Waals surface area contributed by atoms with Crippen LogP contribution in [-0.2, 0) is 4.74 Å². The molecule has 0 radical (unpaired) electrons. The lowest BCUT2D eigenvalue weighted by atomic mass is 10.1. The smallest absolute Gasteiger partial charge is 0.340 e. The number of ether oxygens (including phenoxy) is 1. The number of nitrogens with one attached hydrogen (secondary N) is 3. The zero-order valence-electron chi connectivity index (χ0n) is 16.9. The number of benzene rings is 1. The number of furan rings is 1. The zero-order valence-corrected chi connectivity index (χ0v) is 16.9. The van der Waals surface area contributed by atoms with Crippen molar-refractivity contribution in [1.29, 1.82) is 0 Å². The Morgan fingerprint density at radius 1 is 1.00 bits per heavy atom. The number of hydrogen-bond acceptors (Lipinski definition) is 5. The van der Waals surface area contributed by atoms with Crippen LogP contribution in [0.25, 0.3) is 11.0 Å². The summed E-state index contributed by atoms with van der Waals surface area (Å²) >= 11 is 0. The molecule has 3 aromatic rings. The Labute approximate surface area is 167 Å². The summed E-state index contributed by atoms with van der Waals surface area (Å²) in [5.41, 5.74) is 7.39. The van der Waals surface area contributed by atoms with E-state index in [0.29, 0.717) is 28.0 Å². The average molecular weight is 397 g/mol. The number of fused-ring (bicyclic) bond motifs is 1. The minimum atomic E-state index is -0.587. The van der Waals surface area contributed by atoms with E-state index in [1.807, 2.05) is 18.2 Å². The lowest BCUT2D eigenvalue weighted by molar-refractivity contribution is 0.0376. The van der Waals surface area contributed by atoms with E-state index in [0.717, 1.165) is 5.39 Å². The van der Waals surface area contributed by atoms with Crippen LogP contribution in [0.4, 0.5) is 0 Å². The Morgan fingerprint density at radius 3 is 2.31 bits per heavy atom. The Morgan fingerprint density at radius 2 is 1.66 bits per heavy atom. The van der Waals surface area contributed by atoms with Gasteiger partial charge in [-0.15, -0.1) is 0 Å². The maximum absolute atomic E-state index is 12.5. The first kappa shape index (κ1) is 20.2. The van der Waals surface area contributed by atoms with E-state index in [4.69, 9.17) is 9.15 Å². The molecule has 0 aliphatic carbocycles. The highest BCUT2D eigenvalue weighted by atomic mass is 16.5. The van der Waals surface area contributed by atoms with Crippen LogP contribution in [-0.4, -0.2) is 28.9 Å². The first-order valence-electron chi connectivity index (χ1n) is 9.19. The number of aromatic amines is 1. The van der Waals surface area contributed by atoms with Crippen LogP contribution in [0.5, 0.6) is 0 Å². The number of esters is 1. The molecule has 152 valence electrons. The van der Waals surface area contributed by atoms with Crippen molar-refractivity contribution in [2.24, 2.45) is 0 Å². The molecule has 0 fully saturated rings. The molecule has 2 heterocycles. The van der Waals surface area contributed by atoms with Crippen LogP contribution in [0.1, 0.15) is 62.1 Å². The van der Waals surface area contributed by atoms with E-state index in [-0.39, 0.29) is 17.6 Å². The van der Waals surface area contributed by atoms with Gasteiger partial charge >= 0.3 is 11.9 Å². The Bertz CT molecular complexity index is 1110. The third-order valence-electron chi connectivity index (χ3n) is 4.55. The van der Waals surface area contributed by atoms with Gasteiger partial charge < -0.3 is 14.1 Å².